The Balaban J connectivity index is 1.95. The molecule has 21 heavy (non-hydrogen) atoms. The summed E-state index contributed by atoms with van der Waals surface area (Å²) in [6, 6.07) is 13.4. The highest BCUT2D eigenvalue weighted by molar-refractivity contribution is 6.26. The molecule has 2 aliphatic rings. The van der Waals surface area contributed by atoms with Crippen LogP contribution < -0.4 is 0 Å². The second kappa shape index (κ2) is 4.37. The van der Waals surface area contributed by atoms with E-state index < -0.39 is 5.00 Å². The number of hydrogen-bond donors (Lipinski definition) is 0. The van der Waals surface area contributed by atoms with Crippen molar-refractivity contribution in [3.63, 3.8) is 0 Å². The number of nitrogens with zero attached hydrogens (tertiary/aromatic N) is 2. The van der Waals surface area contributed by atoms with Gasteiger partial charge in [-0.05, 0) is 23.6 Å². The fraction of sp³-hybridized carbons (Fsp3) is 0.118. The lowest BCUT2D eigenvalue weighted by Crippen LogP contribution is -2.22. The largest absolute Gasteiger partial charge is 0.289 e. The Morgan fingerprint density at radius 2 is 1.86 bits per heavy atom. The zero-order valence-corrected chi connectivity index (χ0v) is 11.8. The van der Waals surface area contributed by atoms with E-state index in [1.54, 1.807) is 12.3 Å². The molecule has 1 heterocycles. The molecule has 3 nitrogen and oxygen atoms in total. The number of ketones is 1. The summed E-state index contributed by atoms with van der Waals surface area (Å²) in [4.78, 5) is 11.8. The first kappa shape index (κ1) is 12.5. The van der Waals surface area contributed by atoms with E-state index in [2.05, 4.69) is 10.2 Å². The number of rotatable bonds is 1. The van der Waals surface area contributed by atoms with Crippen molar-refractivity contribution in [3.8, 4) is 0 Å². The fourth-order valence-corrected chi connectivity index (χ4v) is 3.23. The molecule has 2 aromatic carbocycles. The van der Waals surface area contributed by atoms with Crippen LogP contribution in [0.4, 0.5) is 0 Å². The van der Waals surface area contributed by atoms with E-state index in [9.17, 15) is 4.79 Å². The summed E-state index contributed by atoms with van der Waals surface area (Å²) < 4.78 is 0. The molecule has 4 heteroatoms. The first-order valence-corrected chi connectivity index (χ1v) is 7.10. The molecular weight excluding hydrogens is 284 g/mol. The van der Waals surface area contributed by atoms with Crippen molar-refractivity contribution >= 4 is 17.4 Å². The van der Waals surface area contributed by atoms with Gasteiger partial charge in [-0.2, -0.15) is 10.2 Å². The molecule has 102 valence electrons. The number of azo groups is 1. The SMILES string of the molecule is O=C1c2ccccc2Cc2cccc(C3(Cl)C=CN=N3)c21. The minimum absolute atomic E-state index is 0.0120. The minimum Gasteiger partial charge on any atom is -0.289 e. The number of fused-ring (bicyclic) bond motifs is 2. The standard InChI is InChI=1S/C17H11ClN2O/c18-17(8-9-19-20-17)14-7-3-5-12-10-11-4-1-2-6-13(11)16(21)15(12)14/h1-9H,10H2. The maximum absolute atomic E-state index is 12.9. The van der Waals surface area contributed by atoms with Crippen LogP contribution in [-0.4, -0.2) is 5.78 Å². The predicted molar refractivity (Wildman–Crippen MR) is 80.6 cm³/mol. The summed E-state index contributed by atoms with van der Waals surface area (Å²) in [5.41, 5.74) is 4.16. The summed E-state index contributed by atoms with van der Waals surface area (Å²) in [5, 5.41) is 7.90. The monoisotopic (exact) mass is 294 g/mol. The Bertz CT molecular complexity index is 811. The first-order chi connectivity index (χ1) is 10.2. The smallest absolute Gasteiger partial charge is 0.200 e. The van der Waals surface area contributed by atoms with Crippen LogP contribution in [0, 0.1) is 0 Å². The number of alkyl halides is 1. The minimum atomic E-state index is -1.06. The van der Waals surface area contributed by atoms with Crippen molar-refractivity contribution in [2.24, 2.45) is 10.2 Å². The highest BCUT2D eigenvalue weighted by Crippen LogP contribution is 2.41. The first-order valence-electron chi connectivity index (χ1n) is 6.73. The molecule has 0 saturated heterocycles. The van der Waals surface area contributed by atoms with E-state index in [1.807, 2.05) is 42.5 Å². The van der Waals surface area contributed by atoms with Gasteiger partial charge in [0.25, 0.3) is 0 Å². The number of carbonyl (C=O) groups is 1. The third-order valence-electron chi connectivity index (χ3n) is 3.96. The van der Waals surface area contributed by atoms with Gasteiger partial charge in [-0.3, -0.25) is 4.79 Å². The van der Waals surface area contributed by atoms with Crippen LogP contribution >= 0.6 is 11.6 Å². The van der Waals surface area contributed by atoms with Crippen molar-refractivity contribution in [2.45, 2.75) is 11.4 Å². The van der Waals surface area contributed by atoms with E-state index in [0.29, 0.717) is 11.1 Å². The maximum atomic E-state index is 12.9. The molecule has 0 amide bonds. The molecule has 0 bridgehead atoms. The Hall–Kier alpha value is -2.26. The molecule has 0 N–H and O–H groups in total. The Morgan fingerprint density at radius 1 is 1.05 bits per heavy atom. The topological polar surface area (TPSA) is 41.8 Å². The molecule has 0 fully saturated rings. The van der Waals surface area contributed by atoms with Crippen molar-refractivity contribution in [2.75, 3.05) is 0 Å². The van der Waals surface area contributed by atoms with Crippen molar-refractivity contribution < 1.29 is 4.79 Å². The summed E-state index contributed by atoms with van der Waals surface area (Å²) >= 11 is 6.53. The lowest BCUT2D eigenvalue weighted by atomic mass is 9.81. The zero-order chi connectivity index (χ0) is 14.4. The van der Waals surface area contributed by atoms with Gasteiger partial charge in [-0.25, -0.2) is 0 Å². The molecule has 1 aliphatic heterocycles. The molecule has 0 aromatic heterocycles. The number of carbonyl (C=O) groups excluding carboxylic acids is 1. The fourth-order valence-electron chi connectivity index (χ4n) is 2.97. The average Bonchev–Trinajstić information content (AvgIpc) is 2.95. The van der Waals surface area contributed by atoms with Crippen LogP contribution in [0.25, 0.3) is 0 Å². The molecular formula is C17H11ClN2O. The normalized spacial score (nSPS) is 22.2. The van der Waals surface area contributed by atoms with E-state index in [4.69, 9.17) is 11.6 Å². The van der Waals surface area contributed by atoms with Crippen LogP contribution in [-0.2, 0) is 11.4 Å². The van der Waals surface area contributed by atoms with Gasteiger partial charge < -0.3 is 0 Å². The number of benzene rings is 2. The number of halogens is 1. The van der Waals surface area contributed by atoms with Crippen molar-refractivity contribution in [3.05, 3.63) is 82.6 Å². The van der Waals surface area contributed by atoms with Crippen LogP contribution in [0.2, 0.25) is 0 Å². The second-order valence-electron chi connectivity index (χ2n) is 5.21. The van der Waals surface area contributed by atoms with Crippen LogP contribution in [0.1, 0.15) is 32.6 Å². The molecule has 2 aromatic rings. The van der Waals surface area contributed by atoms with Crippen molar-refractivity contribution in [1.29, 1.82) is 0 Å². The number of hydrogen-bond acceptors (Lipinski definition) is 3. The summed E-state index contributed by atoms with van der Waals surface area (Å²) in [6.45, 7) is 0. The van der Waals surface area contributed by atoms with E-state index in [0.717, 1.165) is 23.1 Å². The van der Waals surface area contributed by atoms with E-state index in [-0.39, 0.29) is 5.78 Å². The molecule has 0 spiro atoms. The highest BCUT2D eigenvalue weighted by atomic mass is 35.5. The van der Waals surface area contributed by atoms with E-state index >= 15 is 0 Å². The summed E-state index contributed by atoms with van der Waals surface area (Å²) in [7, 11) is 0. The van der Waals surface area contributed by atoms with Crippen LogP contribution in [0.5, 0.6) is 0 Å². The zero-order valence-electron chi connectivity index (χ0n) is 11.1. The van der Waals surface area contributed by atoms with Gasteiger partial charge in [-0.15, -0.1) is 0 Å². The second-order valence-corrected chi connectivity index (χ2v) is 5.78. The van der Waals surface area contributed by atoms with Crippen LogP contribution in [0.15, 0.2) is 65.0 Å². The van der Waals surface area contributed by atoms with Gasteiger partial charge in [0, 0.05) is 22.9 Å². The van der Waals surface area contributed by atoms with E-state index in [1.165, 1.54) is 0 Å². The Labute approximate surface area is 127 Å². The van der Waals surface area contributed by atoms with Gasteiger partial charge in [0.15, 0.2) is 5.78 Å². The highest BCUT2D eigenvalue weighted by Gasteiger charge is 2.36. The third-order valence-corrected chi connectivity index (χ3v) is 4.37. The van der Waals surface area contributed by atoms with Gasteiger partial charge >= 0.3 is 0 Å². The van der Waals surface area contributed by atoms with Gasteiger partial charge in [0.2, 0.25) is 5.00 Å². The average molecular weight is 295 g/mol. The quantitative estimate of drug-likeness (QED) is 0.490. The van der Waals surface area contributed by atoms with Crippen molar-refractivity contribution in [1.82, 2.24) is 0 Å². The molecule has 0 saturated carbocycles. The molecule has 4 rings (SSSR count). The lowest BCUT2D eigenvalue weighted by Gasteiger charge is -2.25. The van der Waals surface area contributed by atoms with Crippen LogP contribution in [0.3, 0.4) is 0 Å². The molecule has 1 aliphatic carbocycles. The summed E-state index contributed by atoms with van der Waals surface area (Å²) in [6.07, 6.45) is 4.00. The lowest BCUT2D eigenvalue weighted by molar-refractivity contribution is 0.103. The third kappa shape index (κ3) is 1.78. The maximum Gasteiger partial charge on any atom is 0.200 e. The Morgan fingerprint density at radius 3 is 2.67 bits per heavy atom. The molecule has 1 unspecified atom stereocenters. The van der Waals surface area contributed by atoms with Gasteiger partial charge in [0.1, 0.15) is 0 Å². The molecule has 0 radical (unpaired) electrons. The summed E-state index contributed by atoms with van der Waals surface area (Å²) in [5.74, 6) is 0.0120. The Kier molecular flexibility index (Phi) is 2.59. The predicted octanol–water partition coefficient (Wildman–Crippen LogP) is 4.19. The molecule has 1 atom stereocenters. The van der Waals surface area contributed by atoms with Gasteiger partial charge in [0.05, 0.1) is 0 Å². The van der Waals surface area contributed by atoms with Gasteiger partial charge in [-0.1, -0.05) is 54.1 Å².